The molecule has 1 N–H and O–H groups in total. The highest BCUT2D eigenvalue weighted by Crippen LogP contribution is 2.11. The number of nitrogens with zero attached hydrogens (tertiary/aromatic N) is 2. The van der Waals surface area contributed by atoms with Crippen LogP contribution in [0.1, 0.15) is 18.4 Å². The predicted octanol–water partition coefficient (Wildman–Crippen LogP) is 0.968. The third kappa shape index (κ3) is 4.90. The van der Waals surface area contributed by atoms with Crippen molar-refractivity contribution in [3.63, 3.8) is 0 Å². The first-order chi connectivity index (χ1) is 9.81. The molecular weight excluding hydrogens is 256 g/mol. The van der Waals surface area contributed by atoms with Crippen LogP contribution < -0.4 is 0 Å². The lowest BCUT2D eigenvalue weighted by molar-refractivity contribution is 0.0316. The molecule has 2 heterocycles. The number of aliphatic hydroxyl groups is 1. The quantitative estimate of drug-likeness (QED) is 0.770. The second-order valence-corrected chi connectivity index (χ2v) is 5.18. The number of morpholine rings is 1. The van der Waals surface area contributed by atoms with Crippen LogP contribution in [0.2, 0.25) is 0 Å². The van der Waals surface area contributed by atoms with E-state index >= 15 is 0 Å². The van der Waals surface area contributed by atoms with Gasteiger partial charge in [0.15, 0.2) is 0 Å². The Kier molecular flexibility index (Phi) is 6.53. The molecule has 1 saturated heterocycles. The maximum atomic E-state index is 9.20. The zero-order valence-electron chi connectivity index (χ0n) is 12.4. The van der Waals surface area contributed by atoms with E-state index in [0.717, 1.165) is 63.9 Å². The average Bonchev–Trinajstić information content (AvgIpc) is 2.94. The molecule has 114 valence electrons. The van der Waals surface area contributed by atoms with Gasteiger partial charge in [-0.1, -0.05) is 6.92 Å². The van der Waals surface area contributed by atoms with Gasteiger partial charge in [-0.3, -0.25) is 9.80 Å². The fourth-order valence-electron chi connectivity index (χ4n) is 2.44. The fourth-order valence-corrected chi connectivity index (χ4v) is 2.44. The number of aliphatic hydroxyl groups excluding tert-OH is 1. The molecule has 1 aliphatic heterocycles. The van der Waals surface area contributed by atoms with E-state index in [2.05, 4.69) is 16.7 Å². The van der Waals surface area contributed by atoms with Gasteiger partial charge in [0.05, 0.1) is 26.4 Å². The Hall–Kier alpha value is -0.880. The Labute approximate surface area is 121 Å². The zero-order valence-corrected chi connectivity index (χ0v) is 12.4. The van der Waals surface area contributed by atoms with Crippen LogP contribution in [0.3, 0.4) is 0 Å². The van der Waals surface area contributed by atoms with Crippen molar-refractivity contribution < 1.29 is 14.3 Å². The van der Waals surface area contributed by atoms with Crippen LogP contribution in [-0.4, -0.2) is 67.5 Å². The Balaban J connectivity index is 1.79. The van der Waals surface area contributed by atoms with Gasteiger partial charge in [0.25, 0.3) is 0 Å². The Morgan fingerprint density at radius 3 is 2.60 bits per heavy atom. The summed E-state index contributed by atoms with van der Waals surface area (Å²) < 4.78 is 11.1. The fraction of sp³-hybridized carbons (Fsp3) is 0.733. The van der Waals surface area contributed by atoms with Crippen molar-refractivity contribution in [1.29, 1.82) is 0 Å². The standard InChI is InChI=1S/C15H26N2O3/c1-2-14-3-4-15(20-14)13-17(7-10-18)6-5-16-8-11-19-12-9-16/h3-4,18H,2,5-13H2,1H3. The molecule has 0 bridgehead atoms. The second kappa shape index (κ2) is 8.42. The zero-order chi connectivity index (χ0) is 14.2. The van der Waals surface area contributed by atoms with E-state index in [1.807, 2.05) is 12.1 Å². The lowest BCUT2D eigenvalue weighted by Gasteiger charge is -2.29. The largest absolute Gasteiger partial charge is 0.465 e. The minimum absolute atomic E-state index is 0.185. The first-order valence-electron chi connectivity index (χ1n) is 7.52. The van der Waals surface area contributed by atoms with Gasteiger partial charge in [-0.25, -0.2) is 0 Å². The number of hydrogen-bond acceptors (Lipinski definition) is 5. The molecule has 1 aliphatic rings. The van der Waals surface area contributed by atoms with Crippen molar-refractivity contribution in [2.75, 3.05) is 52.5 Å². The average molecular weight is 282 g/mol. The monoisotopic (exact) mass is 282 g/mol. The lowest BCUT2D eigenvalue weighted by Crippen LogP contribution is -2.41. The van der Waals surface area contributed by atoms with E-state index in [4.69, 9.17) is 9.15 Å². The Morgan fingerprint density at radius 2 is 1.95 bits per heavy atom. The van der Waals surface area contributed by atoms with Crippen LogP contribution in [0.4, 0.5) is 0 Å². The molecule has 0 saturated carbocycles. The Bertz CT molecular complexity index is 375. The molecule has 1 aromatic rings. The molecule has 2 rings (SSSR count). The molecule has 1 aromatic heterocycles. The molecule has 0 spiro atoms. The highest BCUT2D eigenvalue weighted by molar-refractivity contribution is 5.06. The van der Waals surface area contributed by atoms with Crippen LogP contribution in [0.15, 0.2) is 16.5 Å². The molecular formula is C15H26N2O3. The van der Waals surface area contributed by atoms with Crippen molar-refractivity contribution in [2.45, 2.75) is 19.9 Å². The number of aryl methyl sites for hydroxylation is 1. The minimum atomic E-state index is 0.185. The van der Waals surface area contributed by atoms with Crippen LogP contribution in [0.25, 0.3) is 0 Å². The summed E-state index contributed by atoms with van der Waals surface area (Å²) in [6.07, 6.45) is 0.924. The molecule has 0 unspecified atom stereocenters. The van der Waals surface area contributed by atoms with E-state index in [0.29, 0.717) is 6.54 Å². The summed E-state index contributed by atoms with van der Waals surface area (Å²) in [6.45, 7) is 9.37. The summed E-state index contributed by atoms with van der Waals surface area (Å²) in [5.74, 6) is 2.01. The van der Waals surface area contributed by atoms with E-state index < -0.39 is 0 Å². The summed E-state index contributed by atoms with van der Waals surface area (Å²) in [7, 11) is 0. The highest BCUT2D eigenvalue weighted by atomic mass is 16.5. The highest BCUT2D eigenvalue weighted by Gasteiger charge is 2.13. The Morgan fingerprint density at radius 1 is 1.20 bits per heavy atom. The van der Waals surface area contributed by atoms with Gasteiger partial charge < -0.3 is 14.3 Å². The van der Waals surface area contributed by atoms with Crippen molar-refractivity contribution >= 4 is 0 Å². The van der Waals surface area contributed by atoms with Gasteiger partial charge in [-0.15, -0.1) is 0 Å². The van der Waals surface area contributed by atoms with Crippen LogP contribution in [0.5, 0.6) is 0 Å². The molecule has 0 aromatic carbocycles. The van der Waals surface area contributed by atoms with Gasteiger partial charge in [0.1, 0.15) is 11.5 Å². The first-order valence-corrected chi connectivity index (χ1v) is 7.52. The van der Waals surface area contributed by atoms with Crippen LogP contribution in [-0.2, 0) is 17.7 Å². The summed E-state index contributed by atoms with van der Waals surface area (Å²) in [5, 5.41) is 9.20. The normalized spacial score (nSPS) is 16.9. The van der Waals surface area contributed by atoms with Crippen LogP contribution in [0, 0.1) is 0 Å². The van der Waals surface area contributed by atoms with Crippen LogP contribution >= 0.6 is 0 Å². The molecule has 5 heteroatoms. The maximum Gasteiger partial charge on any atom is 0.118 e. The summed E-state index contributed by atoms with van der Waals surface area (Å²) in [5.41, 5.74) is 0. The lowest BCUT2D eigenvalue weighted by atomic mass is 10.3. The third-order valence-electron chi connectivity index (χ3n) is 3.70. The molecule has 0 atom stereocenters. The van der Waals surface area contributed by atoms with Gasteiger partial charge in [-0.05, 0) is 12.1 Å². The maximum absolute atomic E-state index is 9.20. The number of ether oxygens (including phenoxy) is 1. The SMILES string of the molecule is CCc1ccc(CN(CCO)CCN2CCOCC2)o1. The topological polar surface area (TPSA) is 49.1 Å². The molecule has 20 heavy (non-hydrogen) atoms. The van der Waals surface area contributed by atoms with Gasteiger partial charge in [-0.2, -0.15) is 0 Å². The second-order valence-electron chi connectivity index (χ2n) is 5.18. The smallest absolute Gasteiger partial charge is 0.118 e. The molecule has 0 amide bonds. The number of rotatable bonds is 8. The van der Waals surface area contributed by atoms with Crippen molar-refractivity contribution in [3.05, 3.63) is 23.7 Å². The van der Waals surface area contributed by atoms with E-state index in [9.17, 15) is 5.11 Å². The van der Waals surface area contributed by atoms with E-state index in [-0.39, 0.29) is 6.61 Å². The van der Waals surface area contributed by atoms with Gasteiger partial charge in [0, 0.05) is 39.1 Å². The third-order valence-corrected chi connectivity index (χ3v) is 3.70. The van der Waals surface area contributed by atoms with Crippen molar-refractivity contribution in [1.82, 2.24) is 9.80 Å². The van der Waals surface area contributed by atoms with Gasteiger partial charge >= 0.3 is 0 Å². The summed E-state index contributed by atoms with van der Waals surface area (Å²) in [6, 6.07) is 4.08. The summed E-state index contributed by atoms with van der Waals surface area (Å²) >= 11 is 0. The van der Waals surface area contributed by atoms with E-state index in [1.54, 1.807) is 0 Å². The summed E-state index contributed by atoms with van der Waals surface area (Å²) in [4.78, 5) is 4.65. The molecule has 1 fully saturated rings. The molecule has 0 radical (unpaired) electrons. The first kappa shape index (κ1) is 15.5. The molecule has 5 nitrogen and oxygen atoms in total. The predicted molar refractivity (Wildman–Crippen MR) is 77.7 cm³/mol. The van der Waals surface area contributed by atoms with Crippen molar-refractivity contribution in [2.24, 2.45) is 0 Å². The van der Waals surface area contributed by atoms with E-state index in [1.165, 1.54) is 0 Å². The number of furan rings is 1. The van der Waals surface area contributed by atoms with Gasteiger partial charge in [0.2, 0.25) is 0 Å². The molecule has 0 aliphatic carbocycles. The number of hydrogen-bond donors (Lipinski definition) is 1. The van der Waals surface area contributed by atoms with Crippen molar-refractivity contribution in [3.8, 4) is 0 Å². The minimum Gasteiger partial charge on any atom is -0.465 e.